The maximum atomic E-state index is 12.6. The Balaban J connectivity index is 1.34. The van der Waals surface area contributed by atoms with Gasteiger partial charge in [0.05, 0.1) is 4.88 Å². The molecule has 0 bridgehead atoms. The van der Waals surface area contributed by atoms with Crippen molar-refractivity contribution in [3.8, 4) is 0 Å². The van der Waals surface area contributed by atoms with E-state index < -0.39 is 0 Å². The summed E-state index contributed by atoms with van der Waals surface area (Å²) in [6, 6.07) is 6.15. The molecular formula is C20H27N5OS. The first-order valence-corrected chi connectivity index (χ1v) is 10.8. The quantitative estimate of drug-likeness (QED) is 0.812. The molecule has 27 heavy (non-hydrogen) atoms. The molecule has 2 aromatic heterocycles. The Kier molecular flexibility index (Phi) is 5.57. The second kappa shape index (κ2) is 8.25. The van der Waals surface area contributed by atoms with Crippen LogP contribution in [0.15, 0.2) is 23.6 Å². The van der Waals surface area contributed by atoms with E-state index in [1.54, 1.807) is 0 Å². The highest BCUT2D eigenvalue weighted by Gasteiger charge is 2.24. The molecule has 1 amide bonds. The zero-order valence-electron chi connectivity index (χ0n) is 15.9. The molecule has 144 valence electrons. The summed E-state index contributed by atoms with van der Waals surface area (Å²) in [7, 11) is 0. The van der Waals surface area contributed by atoms with Crippen LogP contribution >= 0.6 is 11.3 Å². The van der Waals surface area contributed by atoms with Crippen molar-refractivity contribution in [1.82, 2.24) is 15.1 Å². The van der Waals surface area contributed by atoms with Gasteiger partial charge in [-0.25, -0.2) is 0 Å². The van der Waals surface area contributed by atoms with Crippen molar-refractivity contribution >= 4 is 28.9 Å². The summed E-state index contributed by atoms with van der Waals surface area (Å²) in [5.74, 6) is 2.05. The van der Waals surface area contributed by atoms with Crippen molar-refractivity contribution < 1.29 is 4.79 Å². The molecule has 0 aromatic carbocycles. The third-order valence-electron chi connectivity index (χ3n) is 5.40. The second-order valence-corrected chi connectivity index (χ2v) is 8.33. The van der Waals surface area contributed by atoms with E-state index in [1.807, 2.05) is 23.3 Å². The normalized spacial score (nSPS) is 18.5. The van der Waals surface area contributed by atoms with E-state index in [-0.39, 0.29) is 5.91 Å². The van der Waals surface area contributed by atoms with Crippen LogP contribution in [0.5, 0.6) is 0 Å². The molecule has 7 heteroatoms. The number of aryl methyl sites for hydroxylation is 1. The number of amides is 1. The van der Waals surface area contributed by atoms with Gasteiger partial charge in [-0.1, -0.05) is 12.8 Å². The van der Waals surface area contributed by atoms with E-state index in [9.17, 15) is 4.79 Å². The number of thiophene rings is 1. The predicted molar refractivity (Wildman–Crippen MR) is 110 cm³/mol. The lowest BCUT2D eigenvalue weighted by molar-refractivity contribution is 0.0751. The standard InChI is InChI=1S/C20H27N5OS/c1-16-14-17(27-15-16)20(26)25-12-10-24(11-13-25)19-7-6-18(21-22-19)23-8-4-2-3-5-9-23/h6-7,14-15H,2-5,8-13H2,1H3. The van der Waals surface area contributed by atoms with Gasteiger partial charge >= 0.3 is 0 Å². The molecule has 0 spiro atoms. The van der Waals surface area contributed by atoms with Crippen LogP contribution < -0.4 is 9.80 Å². The Labute approximate surface area is 164 Å². The van der Waals surface area contributed by atoms with Crippen molar-refractivity contribution in [3.05, 3.63) is 34.0 Å². The first-order chi connectivity index (χ1) is 13.2. The van der Waals surface area contributed by atoms with Gasteiger partial charge < -0.3 is 14.7 Å². The SMILES string of the molecule is Cc1csc(C(=O)N2CCN(c3ccc(N4CCCCCC4)nn3)CC2)c1. The van der Waals surface area contributed by atoms with E-state index in [1.165, 1.54) is 37.0 Å². The summed E-state index contributed by atoms with van der Waals surface area (Å²) < 4.78 is 0. The average molecular weight is 386 g/mol. The Morgan fingerprint density at radius 3 is 2.00 bits per heavy atom. The van der Waals surface area contributed by atoms with E-state index in [4.69, 9.17) is 0 Å². The van der Waals surface area contributed by atoms with Gasteiger partial charge in [-0.15, -0.1) is 21.5 Å². The van der Waals surface area contributed by atoms with Crippen LogP contribution in [0.25, 0.3) is 0 Å². The van der Waals surface area contributed by atoms with Crippen LogP contribution in [-0.4, -0.2) is 60.3 Å². The molecule has 2 saturated heterocycles. The monoisotopic (exact) mass is 385 g/mol. The van der Waals surface area contributed by atoms with E-state index in [0.29, 0.717) is 0 Å². The zero-order chi connectivity index (χ0) is 18.6. The van der Waals surface area contributed by atoms with Crippen LogP contribution in [0.2, 0.25) is 0 Å². The average Bonchev–Trinajstić information content (AvgIpc) is 2.97. The summed E-state index contributed by atoms with van der Waals surface area (Å²) in [5, 5.41) is 11.0. The van der Waals surface area contributed by atoms with Gasteiger partial charge in [-0.05, 0) is 48.9 Å². The number of hydrogen-bond donors (Lipinski definition) is 0. The third-order valence-corrected chi connectivity index (χ3v) is 6.43. The molecular weight excluding hydrogens is 358 g/mol. The lowest BCUT2D eigenvalue weighted by Crippen LogP contribution is -2.49. The van der Waals surface area contributed by atoms with E-state index in [2.05, 4.69) is 32.1 Å². The van der Waals surface area contributed by atoms with Gasteiger partial charge in [0.1, 0.15) is 0 Å². The molecule has 4 heterocycles. The van der Waals surface area contributed by atoms with Crippen molar-refractivity contribution in [2.45, 2.75) is 32.6 Å². The molecule has 0 aliphatic carbocycles. The summed E-state index contributed by atoms with van der Waals surface area (Å²) in [6.07, 6.45) is 5.11. The minimum Gasteiger partial charge on any atom is -0.355 e. The molecule has 0 saturated carbocycles. The number of anilines is 2. The lowest BCUT2D eigenvalue weighted by atomic mass is 10.2. The highest BCUT2D eigenvalue weighted by molar-refractivity contribution is 7.12. The zero-order valence-corrected chi connectivity index (χ0v) is 16.7. The van der Waals surface area contributed by atoms with Gasteiger partial charge in [0.25, 0.3) is 5.91 Å². The molecule has 2 aliphatic rings. The molecule has 2 aromatic rings. The molecule has 0 radical (unpaired) electrons. The number of carbonyl (C=O) groups excluding carboxylic acids is 1. The van der Waals surface area contributed by atoms with E-state index >= 15 is 0 Å². The highest BCUT2D eigenvalue weighted by Crippen LogP contribution is 2.21. The first-order valence-electron chi connectivity index (χ1n) is 9.89. The number of nitrogens with zero attached hydrogens (tertiary/aromatic N) is 5. The van der Waals surface area contributed by atoms with Crippen molar-refractivity contribution in [1.29, 1.82) is 0 Å². The van der Waals surface area contributed by atoms with Crippen molar-refractivity contribution in [3.63, 3.8) is 0 Å². The van der Waals surface area contributed by atoms with Gasteiger partial charge in [0.2, 0.25) is 0 Å². The number of hydrogen-bond acceptors (Lipinski definition) is 6. The summed E-state index contributed by atoms with van der Waals surface area (Å²) in [4.78, 5) is 19.9. The minimum atomic E-state index is 0.148. The molecule has 0 unspecified atom stereocenters. The third kappa shape index (κ3) is 4.24. The number of piperazine rings is 1. The van der Waals surface area contributed by atoms with Crippen molar-refractivity contribution in [2.24, 2.45) is 0 Å². The summed E-state index contributed by atoms with van der Waals surface area (Å²) >= 11 is 1.53. The topological polar surface area (TPSA) is 52.6 Å². The highest BCUT2D eigenvalue weighted by atomic mass is 32.1. The lowest BCUT2D eigenvalue weighted by Gasteiger charge is -2.35. The fourth-order valence-corrected chi connectivity index (χ4v) is 4.66. The Hall–Kier alpha value is -2.15. The van der Waals surface area contributed by atoms with Gasteiger partial charge in [0, 0.05) is 39.3 Å². The summed E-state index contributed by atoms with van der Waals surface area (Å²) in [5.41, 5.74) is 1.15. The van der Waals surface area contributed by atoms with Crippen LogP contribution in [0.3, 0.4) is 0 Å². The molecule has 6 nitrogen and oxygen atoms in total. The van der Waals surface area contributed by atoms with Crippen LogP contribution in [-0.2, 0) is 0 Å². The van der Waals surface area contributed by atoms with Gasteiger partial charge in [-0.3, -0.25) is 4.79 Å². The minimum absolute atomic E-state index is 0.148. The van der Waals surface area contributed by atoms with Crippen LogP contribution in [0.1, 0.15) is 40.9 Å². The second-order valence-electron chi connectivity index (χ2n) is 7.42. The number of aromatic nitrogens is 2. The largest absolute Gasteiger partial charge is 0.355 e. The molecule has 2 fully saturated rings. The Morgan fingerprint density at radius 2 is 1.48 bits per heavy atom. The Morgan fingerprint density at radius 1 is 0.889 bits per heavy atom. The molecule has 4 rings (SSSR count). The smallest absolute Gasteiger partial charge is 0.264 e. The number of carbonyl (C=O) groups is 1. The first kappa shape index (κ1) is 18.2. The molecule has 2 aliphatic heterocycles. The van der Waals surface area contributed by atoms with Crippen molar-refractivity contribution in [2.75, 3.05) is 49.1 Å². The fraction of sp³-hybridized carbons (Fsp3) is 0.550. The van der Waals surface area contributed by atoms with Gasteiger partial charge in [0.15, 0.2) is 11.6 Å². The van der Waals surface area contributed by atoms with Crippen LogP contribution in [0.4, 0.5) is 11.6 Å². The van der Waals surface area contributed by atoms with E-state index in [0.717, 1.165) is 61.3 Å². The van der Waals surface area contributed by atoms with Crippen LogP contribution in [0, 0.1) is 6.92 Å². The Bertz CT molecular complexity index is 759. The molecule has 0 N–H and O–H groups in total. The predicted octanol–water partition coefficient (Wildman–Crippen LogP) is 3.19. The fourth-order valence-electron chi connectivity index (χ4n) is 3.79. The molecule has 0 atom stereocenters. The summed E-state index contributed by atoms with van der Waals surface area (Å²) in [6.45, 7) is 7.24. The number of rotatable bonds is 3. The van der Waals surface area contributed by atoms with Gasteiger partial charge in [-0.2, -0.15) is 0 Å². The maximum Gasteiger partial charge on any atom is 0.264 e. The maximum absolute atomic E-state index is 12.6.